The summed E-state index contributed by atoms with van der Waals surface area (Å²) in [6.45, 7) is 11.4. The first-order valence-corrected chi connectivity index (χ1v) is 29.2. The first kappa shape index (κ1) is 63.4. The molecule has 0 amide bonds. The Balaban J connectivity index is 4.20. The number of ether oxygens (including phenoxy) is 3. The Morgan fingerprint density at radius 3 is 0.754 bits per heavy atom. The molecule has 0 radical (unpaired) electrons. The molecule has 0 fully saturated rings. The van der Waals surface area contributed by atoms with E-state index in [1.165, 1.54) is 218 Å². The molecule has 0 aromatic carbocycles. The first-order chi connectivity index (χ1) is 31.7. The van der Waals surface area contributed by atoms with Gasteiger partial charge < -0.3 is 14.2 Å². The Morgan fingerprint density at radius 2 is 0.508 bits per heavy atom. The predicted molar refractivity (Wildman–Crippen MR) is 280 cm³/mol. The van der Waals surface area contributed by atoms with Crippen molar-refractivity contribution >= 4 is 17.9 Å². The molecular weight excluding hydrogens is 805 g/mol. The molecule has 0 bridgehead atoms. The molecule has 0 aliphatic rings. The van der Waals surface area contributed by atoms with Gasteiger partial charge in [0.1, 0.15) is 13.2 Å². The fraction of sp³-hybridized carbons (Fsp3) is 0.949. The topological polar surface area (TPSA) is 78.9 Å². The molecule has 0 N–H and O–H groups in total. The second-order valence-corrected chi connectivity index (χ2v) is 21.2. The molecule has 65 heavy (non-hydrogen) atoms. The van der Waals surface area contributed by atoms with Crippen LogP contribution in [0.4, 0.5) is 0 Å². The van der Waals surface area contributed by atoms with E-state index in [0.29, 0.717) is 19.3 Å². The summed E-state index contributed by atoms with van der Waals surface area (Å²) in [5, 5.41) is 0. The minimum absolute atomic E-state index is 0.0636. The van der Waals surface area contributed by atoms with Crippen molar-refractivity contribution < 1.29 is 28.6 Å². The Kier molecular flexibility index (Phi) is 50.5. The Labute approximate surface area is 406 Å². The second-order valence-electron chi connectivity index (χ2n) is 21.2. The Hall–Kier alpha value is -1.59. The number of carbonyl (C=O) groups is 3. The lowest BCUT2D eigenvalue weighted by molar-refractivity contribution is -0.167. The Bertz CT molecular complexity index is 993. The van der Waals surface area contributed by atoms with Crippen molar-refractivity contribution in [2.75, 3.05) is 13.2 Å². The molecule has 0 heterocycles. The van der Waals surface area contributed by atoms with Gasteiger partial charge in [-0.2, -0.15) is 0 Å². The lowest BCUT2D eigenvalue weighted by Gasteiger charge is -2.18. The monoisotopic (exact) mass is 919 g/mol. The second kappa shape index (κ2) is 51.8. The van der Waals surface area contributed by atoms with Gasteiger partial charge in [-0.15, -0.1) is 0 Å². The van der Waals surface area contributed by atoms with Crippen LogP contribution >= 0.6 is 0 Å². The normalized spacial score (nSPS) is 12.0. The number of hydrogen-bond acceptors (Lipinski definition) is 6. The van der Waals surface area contributed by atoms with E-state index >= 15 is 0 Å². The summed E-state index contributed by atoms with van der Waals surface area (Å²) in [4.78, 5) is 38.1. The summed E-state index contributed by atoms with van der Waals surface area (Å²) in [5.41, 5.74) is 0. The van der Waals surface area contributed by atoms with Crippen LogP contribution in [0.15, 0.2) is 0 Å². The first-order valence-electron chi connectivity index (χ1n) is 29.2. The zero-order valence-electron chi connectivity index (χ0n) is 44.6. The maximum absolute atomic E-state index is 12.8. The third-order valence-corrected chi connectivity index (χ3v) is 13.5. The molecule has 0 unspecified atom stereocenters. The molecular formula is C59H114O6. The van der Waals surface area contributed by atoms with Gasteiger partial charge in [-0.1, -0.05) is 291 Å². The fourth-order valence-corrected chi connectivity index (χ4v) is 9.05. The lowest BCUT2D eigenvalue weighted by atomic mass is 10.0. The van der Waals surface area contributed by atoms with Crippen LogP contribution in [0.2, 0.25) is 0 Å². The molecule has 0 rings (SSSR count). The van der Waals surface area contributed by atoms with Gasteiger partial charge in [0.05, 0.1) is 0 Å². The molecule has 0 saturated carbocycles. The minimum Gasteiger partial charge on any atom is -0.462 e. The largest absolute Gasteiger partial charge is 0.462 e. The van der Waals surface area contributed by atoms with E-state index in [4.69, 9.17) is 14.2 Å². The van der Waals surface area contributed by atoms with Gasteiger partial charge in [0, 0.05) is 19.3 Å². The van der Waals surface area contributed by atoms with Gasteiger partial charge in [0.15, 0.2) is 6.10 Å². The van der Waals surface area contributed by atoms with E-state index in [1.54, 1.807) is 0 Å². The molecule has 0 aliphatic carbocycles. The number of esters is 3. The molecule has 0 aromatic heterocycles. The van der Waals surface area contributed by atoms with E-state index in [2.05, 4.69) is 34.6 Å². The average molecular weight is 920 g/mol. The highest BCUT2D eigenvalue weighted by atomic mass is 16.6. The van der Waals surface area contributed by atoms with E-state index in [-0.39, 0.29) is 31.1 Å². The van der Waals surface area contributed by atoms with Crippen molar-refractivity contribution in [2.45, 2.75) is 336 Å². The summed E-state index contributed by atoms with van der Waals surface area (Å²) >= 11 is 0. The lowest BCUT2D eigenvalue weighted by Crippen LogP contribution is -2.30. The van der Waals surface area contributed by atoms with Crippen LogP contribution in [0.1, 0.15) is 330 Å². The van der Waals surface area contributed by atoms with Crippen molar-refractivity contribution in [3.63, 3.8) is 0 Å². The highest BCUT2D eigenvalue weighted by Crippen LogP contribution is 2.18. The van der Waals surface area contributed by atoms with Crippen molar-refractivity contribution in [2.24, 2.45) is 11.8 Å². The minimum atomic E-state index is -0.763. The van der Waals surface area contributed by atoms with Crippen molar-refractivity contribution in [1.82, 2.24) is 0 Å². The average Bonchev–Trinajstić information content (AvgIpc) is 3.28. The maximum Gasteiger partial charge on any atom is 0.306 e. The molecule has 0 aliphatic heterocycles. The SMILES string of the molecule is CCCCCCCCCCCCCCCCCCCCCC(=O)O[C@H](COC(=O)CCCCCCCCCCCCCCCCCCC(C)C)COC(=O)CCCCCCCCC(C)C. The third kappa shape index (κ3) is 53.2. The van der Waals surface area contributed by atoms with Crippen LogP contribution in [0.25, 0.3) is 0 Å². The standard InChI is InChI=1S/C59H114O6/c1-6-7-8-9-10-11-12-13-14-15-16-17-22-25-28-31-34-41-46-51-59(62)65-56(53-64-58(61)50-45-40-36-35-38-43-48-55(4)5)52-63-57(60)49-44-39-33-30-27-24-21-19-18-20-23-26-29-32-37-42-47-54(2)3/h54-56H,6-53H2,1-5H3/t56-/m1/s1. The molecule has 0 spiro atoms. The predicted octanol–water partition coefficient (Wildman–Crippen LogP) is 19.3. The summed E-state index contributed by atoms with van der Waals surface area (Å²) in [5.74, 6) is 0.771. The quantitative estimate of drug-likeness (QED) is 0.0344. The molecule has 6 heteroatoms. The fourth-order valence-electron chi connectivity index (χ4n) is 9.05. The highest BCUT2D eigenvalue weighted by molar-refractivity contribution is 5.71. The van der Waals surface area contributed by atoms with Gasteiger partial charge in [0.25, 0.3) is 0 Å². The summed E-state index contributed by atoms with van der Waals surface area (Å²) < 4.78 is 16.9. The van der Waals surface area contributed by atoms with Crippen LogP contribution < -0.4 is 0 Å². The van der Waals surface area contributed by atoms with Gasteiger partial charge in [-0.25, -0.2) is 0 Å². The molecule has 0 aromatic rings. The van der Waals surface area contributed by atoms with Crippen LogP contribution in [-0.4, -0.2) is 37.2 Å². The number of unbranched alkanes of at least 4 members (excludes halogenated alkanes) is 38. The maximum atomic E-state index is 12.8. The number of carbonyl (C=O) groups excluding carboxylic acids is 3. The highest BCUT2D eigenvalue weighted by Gasteiger charge is 2.19. The van der Waals surface area contributed by atoms with Crippen molar-refractivity contribution in [3.8, 4) is 0 Å². The van der Waals surface area contributed by atoms with Gasteiger partial charge in [0.2, 0.25) is 0 Å². The van der Waals surface area contributed by atoms with E-state index < -0.39 is 6.10 Å². The Morgan fingerprint density at radius 1 is 0.292 bits per heavy atom. The van der Waals surface area contributed by atoms with E-state index in [1.807, 2.05) is 0 Å². The van der Waals surface area contributed by atoms with E-state index in [0.717, 1.165) is 69.6 Å². The van der Waals surface area contributed by atoms with Crippen LogP contribution in [0.3, 0.4) is 0 Å². The van der Waals surface area contributed by atoms with Crippen LogP contribution in [-0.2, 0) is 28.6 Å². The summed E-state index contributed by atoms with van der Waals surface area (Å²) in [7, 11) is 0. The van der Waals surface area contributed by atoms with Crippen LogP contribution in [0, 0.1) is 11.8 Å². The van der Waals surface area contributed by atoms with Crippen molar-refractivity contribution in [3.05, 3.63) is 0 Å². The zero-order chi connectivity index (χ0) is 47.5. The summed E-state index contributed by atoms with van der Waals surface area (Å²) in [6, 6.07) is 0. The zero-order valence-corrected chi connectivity index (χ0v) is 44.6. The van der Waals surface area contributed by atoms with Crippen LogP contribution in [0.5, 0.6) is 0 Å². The summed E-state index contributed by atoms with van der Waals surface area (Å²) in [6.07, 6.45) is 55.5. The molecule has 6 nitrogen and oxygen atoms in total. The van der Waals surface area contributed by atoms with Crippen molar-refractivity contribution in [1.29, 1.82) is 0 Å². The van der Waals surface area contributed by atoms with E-state index in [9.17, 15) is 14.4 Å². The number of hydrogen-bond donors (Lipinski definition) is 0. The number of rotatable bonds is 53. The molecule has 0 saturated heterocycles. The molecule has 1 atom stereocenters. The van der Waals surface area contributed by atoms with Gasteiger partial charge in [-0.3, -0.25) is 14.4 Å². The third-order valence-electron chi connectivity index (χ3n) is 13.5. The van der Waals surface area contributed by atoms with Gasteiger partial charge in [-0.05, 0) is 31.1 Å². The molecule has 386 valence electrons. The van der Waals surface area contributed by atoms with Gasteiger partial charge >= 0.3 is 17.9 Å². The smallest absolute Gasteiger partial charge is 0.306 e.